The normalized spacial score (nSPS) is 11.4. The molecule has 37 heavy (non-hydrogen) atoms. The van der Waals surface area contributed by atoms with Gasteiger partial charge in [-0.3, -0.25) is 0 Å². The number of hydrogen-bond acceptors (Lipinski definition) is 4. The maximum absolute atomic E-state index is 5.75. The summed E-state index contributed by atoms with van der Waals surface area (Å²) in [5, 5.41) is 3.14. The van der Waals surface area contributed by atoms with E-state index in [0.29, 0.717) is 0 Å². The van der Waals surface area contributed by atoms with Crippen LogP contribution in [0.3, 0.4) is 0 Å². The molecule has 0 radical (unpaired) electrons. The molecular formula is C31H34N4S2+2. The Morgan fingerprint density at radius 2 is 0.973 bits per heavy atom. The number of nitrogen functional groups attached to an aromatic ring is 1. The first-order valence-corrected chi connectivity index (χ1v) is 14.9. The molecule has 2 heterocycles. The first kappa shape index (κ1) is 26.6. The number of benzene rings is 2. The molecule has 2 aromatic heterocycles. The van der Waals surface area contributed by atoms with E-state index in [1.165, 1.54) is 16.7 Å². The molecule has 0 bridgehead atoms. The van der Waals surface area contributed by atoms with Gasteiger partial charge in [0.25, 0.3) is 0 Å². The predicted octanol–water partition coefficient (Wildman–Crippen LogP) is 6.31. The van der Waals surface area contributed by atoms with Crippen LogP contribution >= 0.6 is 21.6 Å². The zero-order valence-electron chi connectivity index (χ0n) is 21.2. The first-order chi connectivity index (χ1) is 18.2. The van der Waals surface area contributed by atoms with Crippen molar-refractivity contribution in [1.29, 1.82) is 0 Å². The van der Waals surface area contributed by atoms with Gasteiger partial charge < -0.3 is 11.1 Å². The SMILES string of the molecule is CNc1ccc(/C=C/c2cc[n+](CCSSCC[n+]3ccc(/C=C/c4ccc(N)cc4)cc3)cc2)cc1. The van der Waals surface area contributed by atoms with Crippen LogP contribution < -0.4 is 20.2 Å². The van der Waals surface area contributed by atoms with Gasteiger partial charge in [0.2, 0.25) is 0 Å². The van der Waals surface area contributed by atoms with Crippen molar-refractivity contribution in [2.75, 3.05) is 29.6 Å². The largest absolute Gasteiger partial charge is 0.399 e. The number of hydrogen-bond donors (Lipinski definition) is 2. The van der Waals surface area contributed by atoms with E-state index in [4.69, 9.17) is 5.73 Å². The molecule has 0 unspecified atom stereocenters. The Bertz CT molecular complexity index is 1280. The van der Waals surface area contributed by atoms with Crippen LogP contribution in [0.5, 0.6) is 0 Å². The number of aryl methyl sites for hydroxylation is 2. The highest BCUT2D eigenvalue weighted by Gasteiger charge is 2.03. The lowest BCUT2D eigenvalue weighted by Gasteiger charge is -2.00. The molecule has 0 saturated carbocycles. The fraction of sp³-hybridized carbons (Fsp3) is 0.161. The highest BCUT2D eigenvalue weighted by molar-refractivity contribution is 8.76. The fourth-order valence-electron chi connectivity index (χ4n) is 3.61. The maximum Gasteiger partial charge on any atom is 0.169 e. The molecular weight excluding hydrogens is 493 g/mol. The number of rotatable bonds is 12. The van der Waals surface area contributed by atoms with Gasteiger partial charge >= 0.3 is 0 Å². The van der Waals surface area contributed by atoms with E-state index in [-0.39, 0.29) is 0 Å². The Morgan fingerprint density at radius 1 is 0.595 bits per heavy atom. The Balaban J connectivity index is 1.12. The summed E-state index contributed by atoms with van der Waals surface area (Å²) in [5.74, 6) is 2.17. The van der Waals surface area contributed by atoms with Gasteiger partial charge in [-0.05, 0) is 46.5 Å². The van der Waals surface area contributed by atoms with Crippen LogP contribution in [0, 0.1) is 0 Å². The summed E-state index contributed by atoms with van der Waals surface area (Å²) in [6, 6.07) is 25.0. The van der Waals surface area contributed by atoms with Gasteiger partial charge in [-0.15, -0.1) is 0 Å². The summed E-state index contributed by atoms with van der Waals surface area (Å²) in [6.45, 7) is 2.01. The van der Waals surface area contributed by atoms with Crippen molar-refractivity contribution < 1.29 is 9.13 Å². The molecule has 6 heteroatoms. The van der Waals surface area contributed by atoms with Gasteiger partial charge in [0, 0.05) is 42.7 Å². The standard InChI is InChI=1S/C31H32N4S2/c1-33-31-12-8-27(9-13-31)3-5-29-16-20-35(21-17-29)23-25-37-36-24-22-34-18-14-28(15-19-34)4-2-26-6-10-30(32)11-7-26/h2-21,32H,22-25H2,1H3/p+2. The molecule has 4 rings (SSSR count). The minimum Gasteiger partial charge on any atom is -0.399 e. The second-order valence-corrected chi connectivity index (χ2v) is 11.3. The minimum atomic E-state index is 0.790. The van der Waals surface area contributed by atoms with Crippen molar-refractivity contribution in [1.82, 2.24) is 0 Å². The van der Waals surface area contributed by atoms with Gasteiger partial charge in [-0.1, -0.05) is 70.2 Å². The number of nitrogens with two attached hydrogens (primary N) is 1. The highest BCUT2D eigenvalue weighted by Crippen LogP contribution is 2.20. The zero-order chi connectivity index (χ0) is 25.7. The summed E-state index contributed by atoms with van der Waals surface area (Å²) < 4.78 is 4.49. The second-order valence-electron chi connectivity index (χ2n) is 8.59. The predicted molar refractivity (Wildman–Crippen MR) is 163 cm³/mol. The number of nitrogens with one attached hydrogen (secondary N) is 1. The van der Waals surface area contributed by atoms with E-state index in [0.717, 1.165) is 41.5 Å². The molecule has 0 atom stereocenters. The molecule has 4 nitrogen and oxygen atoms in total. The maximum atomic E-state index is 5.75. The molecule has 188 valence electrons. The van der Waals surface area contributed by atoms with Crippen LogP contribution in [0.15, 0.2) is 97.6 Å². The van der Waals surface area contributed by atoms with Gasteiger partial charge in [-0.25, -0.2) is 9.13 Å². The van der Waals surface area contributed by atoms with Crippen molar-refractivity contribution in [2.45, 2.75) is 13.1 Å². The topological polar surface area (TPSA) is 45.8 Å². The van der Waals surface area contributed by atoms with E-state index >= 15 is 0 Å². The average Bonchev–Trinajstić information content (AvgIpc) is 2.95. The Morgan fingerprint density at radius 3 is 1.38 bits per heavy atom. The molecule has 0 aliphatic carbocycles. The van der Waals surface area contributed by atoms with E-state index in [9.17, 15) is 0 Å². The van der Waals surface area contributed by atoms with Gasteiger partial charge in [-0.2, -0.15) is 0 Å². The molecule has 0 saturated heterocycles. The van der Waals surface area contributed by atoms with Gasteiger partial charge in [0.15, 0.2) is 37.9 Å². The van der Waals surface area contributed by atoms with Crippen molar-refractivity contribution in [2.24, 2.45) is 0 Å². The molecule has 2 aromatic carbocycles. The summed E-state index contributed by atoms with van der Waals surface area (Å²) in [7, 11) is 5.80. The van der Waals surface area contributed by atoms with Gasteiger partial charge in [0.1, 0.15) is 0 Å². The van der Waals surface area contributed by atoms with Crippen molar-refractivity contribution in [3.05, 3.63) is 120 Å². The summed E-state index contributed by atoms with van der Waals surface area (Å²) in [6.07, 6.45) is 17.2. The monoisotopic (exact) mass is 526 g/mol. The first-order valence-electron chi connectivity index (χ1n) is 12.4. The molecule has 3 N–H and O–H groups in total. The third kappa shape index (κ3) is 9.16. The number of nitrogens with zero attached hydrogens (tertiary/aromatic N) is 2. The van der Waals surface area contributed by atoms with E-state index < -0.39 is 0 Å². The molecule has 0 amide bonds. The van der Waals surface area contributed by atoms with Crippen molar-refractivity contribution in [3.63, 3.8) is 0 Å². The van der Waals surface area contributed by atoms with E-state index in [1.807, 2.05) is 52.9 Å². The minimum absolute atomic E-state index is 0.790. The lowest BCUT2D eigenvalue weighted by Crippen LogP contribution is -2.34. The zero-order valence-corrected chi connectivity index (χ0v) is 22.8. The van der Waals surface area contributed by atoms with Crippen LogP contribution in [0.2, 0.25) is 0 Å². The smallest absolute Gasteiger partial charge is 0.169 e. The quantitative estimate of drug-likeness (QED) is 0.0983. The highest BCUT2D eigenvalue weighted by atomic mass is 33.1. The van der Waals surface area contributed by atoms with Crippen LogP contribution in [0.1, 0.15) is 22.3 Å². The van der Waals surface area contributed by atoms with Crippen LogP contribution in [-0.2, 0) is 13.1 Å². The van der Waals surface area contributed by atoms with E-state index in [1.54, 1.807) is 0 Å². The third-order valence-corrected chi connectivity index (χ3v) is 8.22. The summed E-state index contributed by atoms with van der Waals surface area (Å²) >= 11 is 0. The molecule has 4 aromatic rings. The van der Waals surface area contributed by atoms with Crippen LogP contribution in [-0.4, -0.2) is 18.6 Å². The molecule has 0 spiro atoms. The van der Waals surface area contributed by atoms with E-state index in [2.05, 4.69) is 112 Å². The summed E-state index contributed by atoms with van der Waals surface area (Å²) in [5.41, 5.74) is 12.4. The number of anilines is 2. The van der Waals surface area contributed by atoms with Crippen molar-refractivity contribution >= 4 is 57.3 Å². The van der Waals surface area contributed by atoms with Crippen molar-refractivity contribution in [3.8, 4) is 0 Å². The third-order valence-electron chi connectivity index (χ3n) is 5.86. The lowest BCUT2D eigenvalue weighted by atomic mass is 10.1. The Labute approximate surface area is 228 Å². The number of aromatic nitrogens is 2. The second kappa shape index (κ2) is 14.3. The molecule has 0 fully saturated rings. The lowest BCUT2D eigenvalue weighted by molar-refractivity contribution is -0.692. The molecule has 0 aliphatic heterocycles. The average molecular weight is 527 g/mol. The number of pyridine rings is 2. The fourth-order valence-corrected chi connectivity index (χ4v) is 5.57. The Hall–Kier alpha value is -3.48. The Kier molecular flexibility index (Phi) is 10.3. The molecule has 0 aliphatic rings. The van der Waals surface area contributed by atoms with Crippen LogP contribution in [0.4, 0.5) is 11.4 Å². The van der Waals surface area contributed by atoms with Gasteiger partial charge in [0.05, 0.1) is 11.5 Å². The van der Waals surface area contributed by atoms with Crippen LogP contribution in [0.25, 0.3) is 24.3 Å². The summed E-state index contributed by atoms with van der Waals surface area (Å²) in [4.78, 5) is 0.